The molecule has 1 aliphatic rings. The number of rotatable bonds is 5. The molecule has 1 fully saturated rings. The predicted molar refractivity (Wildman–Crippen MR) is 78.4 cm³/mol. The first-order valence-corrected chi connectivity index (χ1v) is 7.14. The molecule has 0 bridgehead atoms. The quantitative estimate of drug-likeness (QED) is 0.811. The van der Waals surface area contributed by atoms with E-state index in [4.69, 9.17) is 10.8 Å². The van der Waals surface area contributed by atoms with Gasteiger partial charge in [0, 0.05) is 31.7 Å². The highest BCUT2D eigenvalue weighted by molar-refractivity contribution is 5.94. The van der Waals surface area contributed by atoms with Gasteiger partial charge in [0.2, 0.25) is 5.91 Å². The van der Waals surface area contributed by atoms with Crippen molar-refractivity contribution in [3.63, 3.8) is 0 Å². The van der Waals surface area contributed by atoms with Crippen LogP contribution < -0.4 is 5.73 Å². The van der Waals surface area contributed by atoms with Crippen LogP contribution in [0.3, 0.4) is 0 Å². The SMILES string of the molecule is NC(=O)c1ccccc1CN1CCCN(CCO)CC1. The average Bonchev–Trinajstić information content (AvgIpc) is 2.65. The molecule has 5 nitrogen and oxygen atoms in total. The lowest BCUT2D eigenvalue weighted by molar-refractivity contribution is 0.0998. The highest BCUT2D eigenvalue weighted by Gasteiger charge is 2.16. The lowest BCUT2D eigenvalue weighted by atomic mass is 10.1. The van der Waals surface area contributed by atoms with Crippen LogP contribution in [0, 0.1) is 0 Å². The smallest absolute Gasteiger partial charge is 0.249 e. The molecule has 2 rings (SSSR count). The fraction of sp³-hybridized carbons (Fsp3) is 0.533. The maximum Gasteiger partial charge on any atom is 0.249 e. The Bertz CT molecular complexity index is 450. The third kappa shape index (κ3) is 4.03. The monoisotopic (exact) mass is 277 g/mol. The fourth-order valence-electron chi connectivity index (χ4n) is 2.69. The molecule has 1 amide bonds. The normalized spacial score (nSPS) is 17.9. The van der Waals surface area contributed by atoms with Gasteiger partial charge in [-0.05, 0) is 31.1 Å². The van der Waals surface area contributed by atoms with Crippen LogP contribution in [-0.4, -0.2) is 60.1 Å². The number of carbonyl (C=O) groups excluding carboxylic acids is 1. The minimum atomic E-state index is -0.364. The number of nitrogens with zero attached hydrogens (tertiary/aromatic N) is 2. The first kappa shape index (κ1) is 15.0. The molecule has 1 heterocycles. The van der Waals surface area contributed by atoms with E-state index in [9.17, 15) is 4.79 Å². The van der Waals surface area contributed by atoms with Crippen molar-refractivity contribution in [2.75, 3.05) is 39.3 Å². The van der Waals surface area contributed by atoms with Crippen molar-refractivity contribution in [2.45, 2.75) is 13.0 Å². The summed E-state index contributed by atoms with van der Waals surface area (Å²) < 4.78 is 0. The summed E-state index contributed by atoms with van der Waals surface area (Å²) in [5.41, 5.74) is 7.03. The maximum absolute atomic E-state index is 11.4. The van der Waals surface area contributed by atoms with Gasteiger partial charge in [-0.15, -0.1) is 0 Å². The molecule has 1 aromatic rings. The van der Waals surface area contributed by atoms with Gasteiger partial charge in [-0.1, -0.05) is 18.2 Å². The molecule has 0 atom stereocenters. The van der Waals surface area contributed by atoms with Gasteiger partial charge in [0.05, 0.1) is 6.61 Å². The summed E-state index contributed by atoms with van der Waals surface area (Å²) in [7, 11) is 0. The van der Waals surface area contributed by atoms with Gasteiger partial charge < -0.3 is 10.8 Å². The molecule has 20 heavy (non-hydrogen) atoms. The molecule has 0 unspecified atom stereocenters. The van der Waals surface area contributed by atoms with Gasteiger partial charge in [-0.3, -0.25) is 14.6 Å². The number of carbonyl (C=O) groups is 1. The molecule has 0 saturated carbocycles. The van der Waals surface area contributed by atoms with Crippen LogP contribution >= 0.6 is 0 Å². The van der Waals surface area contributed by atoms with Crippen molar-refractivity contribution in [1.29, 1.82) is 0 Å². The van der Waals surface area contributed by atoms with E-state index >= 15 is 0 Å². The van der Waals surface area contributed by atoms with Crippen LogP contribution in [0.15, 0.2) is 24.3 Å². The molecule has 0 aromatic heterocycles. The molecule has 5 heteroatoms. The van der Waals surface area contributed by atoms with Crippen LogP contribution in [0.4, 0.5) is 0 Å². The van der Waals surface area contributed by atoms with E-state index in [-0.39, 0.29) is 12.5 Å². The van der Waals surface area contributed by atoms with Crippen molar-refractivity contribution in [2.24, 2.45) is 5.73 Å². The lowest BCUT2D eigenvalue weighted by Gasteiger charge is -2.22. The Kier molecular flexibility index (Phi) is 5.52. The molecule has 0 radical (unpaired) electrons. The van der Waals surface area contributed by atoms with E-state index in [1.807, 2.05) is 18.2 Å². The Hall–Kier alpha value is -1.43. The first-order chi connectivity index (χ1) is 9.70. The summed E-state index contributed by atoms with van der Waals surface area (Å²) in [6, 6.07) is 7.54. The summed E-state index contributed by atoms with van der Waals surface area (Å²) in [5.74, 6) is -0.364. The molecule has 3 N–H and O–H groups in total. The zero-order valence-electron chi connectivity index (χ0n) is 11.8. The zero-order chi connectivity index (χ0) is 14.4. The minimum absolute atomic E-state index is 0.213. The van der Waals surface area contributed by atoms with Crippen molar-refractivity contribution in [3.05, 3.63) is 35.4 Å². The molecule has 110 valence electrons. The topological polar surface area (TPSA) is 69.8 Å². The second-order valence-electron chi connectivity index (χ2n) is 5.22. The molecular formula is C15H23N3O2. The standard InChI is InChI=1S/C15H23N3O2/c16-15(20)14-5-2-1-4-13(14)12-18-7-3-6-17(8-9-18)10-11-19/h1-2,4-5,19H,3,6-12H2,(H2,16,20). The number of nitrogens with two attached hydrogens (primary N) is 1. The molecule has 1 aromatic carbocycles. The number of β-amino-alcohol motifs (C(OH)–C–C–N with tert-alkyl or cyclic N) is 1. The number of hydrogen-bond acceptors (Lipinski definition) is 4. The van der Waals surface area contributed by atoms with Gasteiger partial charge in [0.25, 0.3) is 0 Å². The van der Waals surface area contributed by atoms with Crippen LogP contribution in [0.1, 0.15) is 22.3 Å². The number of aliphatic hydroxyl groups excluding tert-OH is 1. The van der Waals surface area contributed by atoms with E-state index in [1.54, 1.807) is 6.07 Å². The Balaban J connectivity index is 1.98. The Morgan fingerprint density at radius 3 is 2.60 bits per heavy atom. The van der Waals surface area contributed by atoms with Gasteiger partial charge in [0.1, 0.15) is 0 Å². The Morgan fingerprint density at radius 1 is 1.15 bits per heavy atom. The summed E-state index contributed by atoms with van der Waals surface area (Å²) in [6.07, 6.45) is 1.08. The Morgan fingerprint density at radius 2 is 1.85 bits per heavy atom. The largest absolute Gasteiger partial charge is 0.395 e. The van der Waals surface area contributed by atoms with E-state index in [2.05, 4.69) is 9.80 Å². The first-order valence-electron chi connectivity index (χ1n) is 7.14. The van der Waals surface area contributed by atoms with E-state index < -0.39 is 0 Å². The van der Waals surface area contributed by atoms with Crippen LogP contribution in [0.25, 0.3) is 0 Å². The molecule has 1 aliphatic heterocycles. The highest BCUT2D eigenvalue weighted by Crippen LogP contribution is 2.13. The number of benzene rings is 1. The van der Waals surface area contributed by atoms with Crippen LogP contribution in [0.5, 0.6) is 0 Å². The third-order valence-corrected chi connectivity index (χ3v) is 3.77. The third-order valence-electron chi connectivity index (χ3n) is 3.77. The van der Waals surface area contributed by atoms with Crippen LogP contribution in [0.2, 0.25) is 0 Å². The van der Waals surface area contributed by atoms with Gasteiger partial charge in [-0.25, -0.2) is 0 Å². The minimum Gasteiger partial charge on any atom is -0.395 e. The second-order valence-corrected chi connectivity index (χ2v) is 5.22. The summed E-state index contributed by atoms with van der Waals surface area (Å²) in [5, 5.41) is 9.00. The summed E-state index contributed by atoms with van der Waals surface area (Å²) >= 11 is 0. The molecule has 1 saturated heterocycles. The number of amides is 1. The molecular weight excluding hydrogens is 254 g/mol. The maximum atomic E-state index is 11.4. The second kappa shape index (κ2) is 7.38. The number of hydrogen-bond donors (Lipinski definition) is 2. The summed E-state index contributed by atoms with van der Waals surface area (Å²) in [4.78, 5) is 16.1. The number of aliphatic hydroxyl groups is 1. The van der Waals surface area contributed by atoms with Gasteiger partial charge >= 0.3 is 0 Å². The van der Waals surface area contributed by atoms with E-state index in [0.29, 0.717) is 5.56 Å². The Labute approximate surface area is 120 Å². The fourth-order valence-corrected chi connectivity index (χ4v) is 2.69. The van der Waals surface area contributed by atoms with Gasteiger partial charge in [-0.2, -0.15) is 0 Å². The molecule has 0 spiro atoms. The van der Waals surface area contributed by atoms with Crippen molar-refractivity contribution in [3.8, 4) is 0 Å². The van der Waals surface area contributed by atoms with Crippen molar-refractivity contribution >= 4 is 5.91 Å². The van der Waals surface area contributed by atoms with Crippen molar-refractivity contribution < 1.29 is 9.90 Å². The predicted octanol–water partition coefficient (Wildman–Crippen LogP) is 0.285. The molecule has 0 aliphatic carbocycles. The van der Waals surface area contributed by atoms with E-state index in [0.717, 1.165) is 51.3 Å². The lowest BCUT2D eigenvalue weighted by Crippen LogP contribution is -2.32. The van der Waals surface area contributed by atoms with Gasteiger partial charge in [0.15, 0.2) is 0 Å². The van der Waals surface area contributed by atoms with Crippen molar-refractivity contribution in [1.82, 2.24) is 9.80 Å². The highest BCUT2D eigenvalue weighted by atomic mass is 16.3. The zero-order valence-corrected chi connectivity index (χ0v) is 11.8. The summed E-state index contributed by atoms with van der Waals surface area (Å²) in [6.45, 7) is 5.65. The van der Waals surface area contributed by atoms with Crippen LogP contribution in [-0.2, 0) is 6.54 Å². The van der Waals surface area contributed by atoms with E-state index in [1.165, 1.54) is 0 Å². The average molecular weight is 277 g/mol. The number of primary amides is 1.